The molecule has 18 heavy (non-hydrogen) atoms. The van der Waals surface area contributed by atoms with E-state index < -0.39 is 0 Å². The Bertz CT molecular complexity index is 359. The highest BCUT2D eigenvalue weighted by Crippen LogP contribution is 2.35. The number of carbonyl (C=O) groups excluding carboxylic acids is 1. The van der Waals surface area contributed by atoms with E-state index in [9.17, 15) is 4.79 Å². The standard InChI is InChI=1S/C16H24O2/c1-4-12-16(5-2,15(17)18-3)13-11-14-9-7-6-8-10-14/h6-10H,4-5,11-13H2,1-3H3. The second-order valence-electron chi connectivity index (χ2n) is 4.86. The lowest BCUT2D eigenvalue weighted by Crippen LogP contribution is -2.32. The maximum absolute atomic E-state index is 12.1. The zero-order valence-corrected chi connectivity index (χ0v) is 11.7. The number of rotatable bonds is 7. The van der Waals surface area contributed by atoms with Gasteiger partial charge >= 0.3 is 5.97 Å². The van der Waals surface area contributed by atoms with Crippen LogP contribution in [0.3, 0.4) is 0 Å². The topological polar surface area (TPSA) is 26.3 Å². The van der Waals surface area contributed by atoms with Crippen molar-refractivity contribution in [2.45, 2.75) is 46.0 Å². The molecular formula is C16H24O2. The predicted molar refractivity (Wildman–Crippen MR) is 74.4 cm³/mol. The average Bonchev–Trinajstić information content (AvgIpc) is 2.44. The fraction of sp³-hybridized carbons (Fsp3) is 0.562. The van der Waals surface area contributed by atoms with Crippen LogP contribution in [0.15, 0.2) is 30.3 Å². The summed E-state index contributed by atoms with van der Waals surface area (Å²) < 4.78 is 5.01. The highest BCUT2D eigenvalue weighted by atomic mass is 16.5. The Labute approximate surface area is 110 Å². The molecule has 2 nitrogen and oxygen atoms in total. The molecule has 0 amide bonds. The molecule has 1 aromatic rings. The zero-order chi connectivity index (χ0) is 13.4. The van der Waals surface area contributed by atoms with Crippen molar-refractivity contribution in [1.29, 1.82) is 0 Å². The Morgan fingerprint density at radius 2 is 1.83 bits per heavy atom. The van der Waals surface area contributed by atoms with Crippen LogP contribution in [0, 0.1) is 5.41 Å². The van der Waals surface area contributed by atoms with Gasteiger partial charge in [-0.1, -0.05) is 50.6 Å². The minimum atomic E-state index is -0.306. The van der Waals surface area contributed by atoms with Crippen molar-refractivity contribution >= 4 is 5.97 Å². The van der Waals surface area contributed by atoms with Gasteiger partial charge in [0.1, 0.15) is 0 Å². The van der Waals surface area contributed by atoms with Crippen molar-refractivity contribution in [3.05, 3.63) is 35.9 Å². The Kier molecular flexibility index (Phi) is 5.90. The normalized spacial score (nSPS) is 13.9. The van der Waals surface area contributed by atoms with E-state index in [0.29, 0.717) is 0 Å². The molecule has 0 bridgehead atoms. The third kappa shape index (κ3) is 3.59. The molecule has 1 unspecified atom stereocenters. The first-order chi connectivity index (χ1) is 8.68. The van der Waals surface area contributed by atoms with E-state index in [0.717, 1.165) is 32.1 Å². The summed E-state index contributed by atoms with van der Waals surface area (Å²) in [5.74, 6) is -0.0530. The van der Waals surface area contributed by atoms with E-state index in [1.54, 1.807) is 0 Å². The molecule has 0 N–H and O–H groups in total. The molecule has 1 aromatic carbocycles. The van der Waals surface area contributed by atoms with Gasteiger partial charge in [-0.3, -0.25) is 4.79 Å². The number of carbonyl (C=O) groups is 1. The second kappa shape index (κ2) is 7.20. The van der Waals surface area contributed by atoms with Gasteiger partial charge in [0.2, 0.25) is 0 Å². The number of aryl methyl sites for hydroxylation is 1. The molecule has 0 saturated heterocycles. The minimum Gasteiger partial charge on any atom is -0.469 e. The highest BCUT2D eigenvalue weighted by Gasteiger charge is 2.36. The molecule has 0 radical (unpaired) electrons. The van der Waals surface area contributed by atoms with Crippen LogP contribution in [0.5, 0.6) is 0 Å². The Hall–Kier alpha value is -1.31. The number of hydrogen-bond acceptors (Lipinski definition) is 2. The molecule has 0 spiro atoms. The quantitative estimate of drug-likeness (QED) is 0.682. The van der Waals surface area contributed by atoms with E-state index in [1.165, 1.54) is 12.7 Å². The van der Waals surface area contributed by atoms with E-state index in [1.807, 2.05) is 18.2 Å². The van der Waals surface area contributed by atoms with Crippen molar-refractivity contribution in [1.82, 2.24) is 0 Å². The zero-order valence-electron chi connectivity index (χ0n) is 11.7. The lowest BCUT2D eigenvalue weighted by atomic mass is 9.76. The molecule has 1 rings (SSSR count). The molecule has 100 valence electrons. The Morgan fingerprint density at radius 1 is 1.17 bits per heavy atom. The average molecular weight is 248 g/mol. The fourth-order valence-electron chi connectivity index (χ4n) is 2.55. The van der Waals surface area contributed by atoms with E-state index in [2.05, 4.69) is 26.0 Å². The third-order valence-electron chi connectivity index (χ3n) is 3.76. The molecule has 0 aliphatic rings. The predicted octanol–water partition coefficient (Wildman–Crippen LogP) is 3.99. The smallest absolute Gasteiger partial charge is 0.311 e. The van der Waals surface area contributed by atoms with Gasteiger partial charge in [-0.25, -0.2) is 0 Å². The SMILES string of the molecule is CCCC(CC)(CCc1ccccc1)C(=O)OC. The summed E-state index contributed by atoms with van der Waals surface area (Å²) in [6.07, 6.45) is 4.57. The molecule has 0 aliphatic heterocycles. The first-order valence-electron chi connectivity index (χ1n) is 6.81. The molecule has 2 heteroatoms. The van der Waals surface area contributed by atoms with Crippen molar-refractivity contribution in [2.75, 3.05) is 7.11 Å². The largest absolute Gasteiger partial charge is 0.469 e. The van der Waals surface area contributed by atoms with Crippen LogP contribution in [0.25, 0.3) is 0 Å². The first-order valence-corrected chi connectivity index (χ1v) is 6.81. The van der Waals surface area contributed by atoms with Gasteiger partial charge in [0, 0.05) is 0 Å². The Balaban J connectivity index is 2.75. The van der Waals surface area contributed by atoms with E-state index in [4.69, 9.17) is 4.74 Å². The monoisotopic (exact) mass is 248 g/mol. The third-order valence-corrected chi connectivity index (χ3v) is 3.76. The van der Waals surface area contributed by atoms with Gasteiger partial charge < -0.3 is 4.74 Å². The van der Waals surface area contributed by atoms with Gasteiger partial charge in [0.25, 0.3) is 0 Å². The van der Waals surface area contributed by atoms with Crippen LogP contribution in [0.4, 0.5) is 0 Å². The summed E-state index contributed by atoms with van der Waals surface area (Å²) in [4.78, 5) is 12.1. The summed E-state index contributed by atoms with van der Waals surface area (Å²) >= 11 is 0. The van der Waals surface area contributed by atoms with E-state index in [-0.39, 0.29) is 11.4 Å². The highest BCUT2D eigenvalue weighted by molar-refractivity contribution is 5.76. The molecule has 1 atom stereocenters. The number of hydrogen-bond donors (Lipinski definition) is 0. The fourth-order valence-corrected chi connectivity index (χ4v) is 2.55. The summed E-state index contributed by atoms with van der Waals surface area (Å²) in [6, 6.07) is 10.3. The Morgan fingerprint density at radius 3 is 2.33 bits per heavy atom. The molecule has 0 aromatic heterocycles. The second-order valence-corrected chi connectivity index (χ2v) is 4.86. The minimum absolute atomic E-state index is 0.0530. The summed E-state index contributed by atoms with van der Waals surface area (Å²) in [5, 5.41) is 0. The molecular weight excluding hydrogens is 224 g/mol. The summed E-state index contributed by atoms with van der Waals surface area (Å²) in [7, 11) is 1.49. The first kappa shape index (κ1) is 14.7. The number of esters is 1. The van der Waals surface area contributed by atoms with Crippen LogP contribution >= 0.6 is 0 Å². The van der Waals surface area contributed by atoms with Gasteiger partial charge in [-0.2, -0.15) is 0 Å². The van der Waals surface area contributed by atoms with Crippen LogP contribution in [-0.4, -0.2) is 13.1 Å². The van der Waals surface area contributed by atoms with Gasteiger partial charge in [0.15, 0.2) is 0 Å². The number of benzene rings is 1. The van der Waals surface area contributed by atoms with Crippen LogP contribution < -0.4 is 0 Å². The van der Waals surface area contributed by atoms with Gasteiger partial charge in [-0.15, -0.1) is 0 Å². The van der Waals surface area contributed by atoms with Crippen LogP contribution in [0.2, 0.25) is 0 Å². The van der Waals surface area contributed by atoms with Crippen molar-refractivity contribution in [2.24, 2.45) is 5.41 Å². The summed E-state index contributed by atoms with van der Waals surface area (Å²) in [6.45, 7) is 4.20. The number of ether oxygens (including phenoxy) is 1. The van der Waals surface area contributed by atoms with E-state index >= 15 is 0 Å². The van der Waals surface area contributed by atoms with Gasteiger partial charge in [-0.05, 0) is 31.2 Å². The van der Waals surface area contributed by atoms with Crippen molar-refractivity contribution < 1.29 is 9.53 Å². The maximum atomic E-state index is 12.1. The van der Waals surface area contributed by atoms with Gasteiger partial charge in [0.05, 0.1) is 12.5 Å². The summed E-state index contributed by atoms with van der Waals surface area (Å²) in [5.41, 5.74) is 0.981. The molecule has 0 saturated carbocycles. The van der Waals surface area contributed by atoms with Crippen LogP contribution in [0.1, 0.15) is 45.1 Å². The molecule has 0 fully saturated rings. The lowest BCUT2D eigenvalue weighted by Gasteiger charge is -2.29. The molecule has 0 heterocycles. The lowest BCUT2D eigenvalue weighted by molar-refractivity contribution is -0.154. The maximum Gasteiger partial charge on any atom is 0.311 e. The van der Waals surface area contributed by atoms with Crippen molar-refractivity contribution in [3.63, 3.8) is 0 Å². The van der Waals surface area contributed by atoms with Crippen molar-refractivity contribution in [3.8, 4) is 0 Å². The number of methoxy groups -OCH3 is 1. The molecule has 0 aliphatic carbocycles. The van der Waals surface area contributed by atoms with Crippen LogP contribution in [-0.2, 0) is 16.0 Å².